The highest BCUT2D eigenvalue weighted by atomic mass is 79.9. The SMILES string of the molecule is CCCC[P+](CCCC)(CCCC)C/C(=C\[C@H](C)C/C=C/C(C)=C/[C@@H](C)[C@H](CC)O[Si](C)(C)C(C)(C)C)CC.[Br-]. The molecule has 0 aromatic carbocycles. The summed E-state index contributed by atoms with van der Waals surface area (Å²) in [5, 5.41) is 0.253. The zero-order chi connectivity index (χ0) is 30.1. The van der Waals surface area contributed by atoms with Crippen LogP contribution in [0.4, 0.5) is 0 Å². The summed E-state index contributed by atoms with van der Waals surface area (Å²) < 4.78 is 6.79. The van der Waals surface area contributed by atoms with Gasteiger partial charge in [-0.3, -0.25) is 0 Å². The number of hydrogen-bond acceptors (Lipinski definition) is 1. The molecule has 0 unspecified atom stereocenters. The summed E-state index contributed by atoms with van der Waals surface area (Å²) >= 11 is 0. The van der Waals surface area contributed by atoms with Crippen LogP contribution in [0.15, 0.2) is 35.5 Å². The minimum Gasteiger partial charge on any atom is -1.00 e. The maximum Gasteiger partial charge on any atom is 0.192 e. The van der Waals surface area contributed by atoms with E-state index in [0.29, 0.717) is 17.9 Å². The van der Waals surface area contributed by atoms with Gasteiger partial charge in [-0.2, -0.15) is 0 Å². The van der Waals surface area contributed by atoms with E-state index in [1.54, 1.807) is 5.57 Å². The molecule has 0 aliphatic carbocycles. The van der Waals surface area contributed by atoms with E-state index in [9.17, 15) is 0 Å². The van der Waals surface area contributed by atoms with E-state index >= 15 is 0 Å². The first kappa shape index (κ1) is 42.4. The van der Waals surface area contributed by atoms with Gasteiger partial charge >= 0.3 is 0 Å². The van der Waals surface area contributed by atoms with Crippen LogP contribution in [0.25, 0.3) is 0 Å². The van der Waals surface area contributed by atoms with Gasteiger partial charge in [0.1, 0.15) is 0 Å². The van der Waals surface area contributed by atoms with Crippen molar-refractivity contribution >= 4 is 15.6 Å². The van der Waals surface area contributed by atoms with E-state index in [4.69, 9.17) is 4.43 Å². The van der Waals surface area contributed by atoms with E-state index in [-0.39, 0.29) is 22.0 Å². The molecule has 0 N–H and O–H groups in total. The zero-order valence-corrected chi connectivity index (χ0v) is 32.9. The monoisotopic (exact) mass is 658 g/mol. The molecule has 0 rings (SSSR count). The fraction of sp³-hybridized carbons (Fsp3) is 0.833. The smallest absolute Gasteiger partial charge is 0.192 e. The van der Waals surface area contributed by atoms with Gasteiger partial charge in [0.15, 0.2) is 8.32 Å². The van der Waals surface area contributed by atoms with Crippen LogP contribution in [-0.4, -0.2) is 39.1 Å². The molecule has 0 amide bonds. The van der Waals surface area contributed by atoms with Crippen LogP contribution in [0, 0.1) is 11.8 Å². The molecule has 0 bridgehead atoms. The van der Waals surface area contributed by atoms with Gasteiger partial charge in [0.05, 0.1) is 30.8 Å². The van der Waals surface area contributed by atoms with Crippen LogP contribution in [0.1, 0.15) is 134 Å². The van der Waals surface area contributed by atoms with E-state index < -0.39 is 15.6 Å². The van der Waals surface area contributed by atoms with E-state index in [1.165, 1.54) is 75.2 Å². The highest BCUT2D eigenvalue weighted by Gasteiger charge is 2.39. The third-order valence-corrected chi connectivity index (χ3v) is 18.5. The van der Waals surface area contributed by atoms with Crippen molar-refractivity contribution in [1.82, 2.24) is 0 Å². The van der Waals surface area contributed by atoms with Gasteiger partial charge in [0.25, 0.3) is 0 Å². The summed E-state index contributed by atoms with van der Waals surface area (Å²) in [5.41, 5.74) is 3.12. The molecule has 0 aliphatic rings. The molecule has 0 aliphatic heterocycles. The third-order valence-electron chi connectivity index (χ3n) is 9.13. The Morgan fingerprint density at radius 2 is 1.35 bits per heavy atom. The number of hydrogen-bond donors (Lipinski definition) is 0. The Morgan fingerprint density at radius 3 is 1.75 bits per heavy atom. The quantitative estimate of drug-likeness (QED) is 0.0516. The molecule has 0 saturated heterocycles. The van der Waals surface area contributed by atoms with Crippen molar-refractivity contribution in [3.05, 3.63) is 35.5 Å². The maximum atomic E-state index is 6.79. The molecule has 0 aromatic rings. The lowest BCUT2D eigenvalue weighted by Gasteiger charge is -2.40. The molecule has 0 heterocycles. The van der Waals surface area contributed by atoms with Crippen molar-refractivity contribution in [3.63, 3.8) is 0 Å². The summed E-state index contributed by atoms with van der Waals surface area (Å²) in [7, 11) is -2.63. The molecular formula is C36H72BrOPSi. The molecule has 1 nitrogen and oxygen atoms in total. The van der Waals surface area contributed by atoms with Crippen molar-refractivity contribution in [3.8, 4) is 0 Å². The summed E-state index contributed by atoms with van der Waals surface area (Å²) in [4.78, 5) is 0. The lowest BCUT2D eigenvalue weighted by atomic mass is 9.99. The second-order valence-electron chi connectivity index (χ2n) is 14.1. The molecule has 0 radical (unpaired) electrons. The van der Waals surface area contributed by atoms with Crippen LogP contribution < -0.4 is 17.0 Å². The van der Waals surface area contributed by atoms with Gasteiger partial charge in [0.2, 0.25) is 0 Å². The molecule has 0 aromatic heterocycles. The Morgan fingerprint density at radius 1 is 0.850 bits per heavy atom. The molecule has 0 fully saturated rings. The first-order valence-corrected chi connectivity index (χ1v) is 22.2. The molecular weight excluding hydrogens is 587 g/mol. The largest absolute Gasteiger partial charge is 1.00 e. The number of rotatable bonds is 21. The van der Waals surface area contributed by atoms with Crippen molar-refractivity contribution in [2.75, 3.05) is 24.6 Å². The third kappa shape index (κ3) is 16.8. The molecule has 3 atom stereocenters. The molecule has 0 spiro atoms. The highest BCUT2D eigenvalue weighted by Crippen LogP contribution is 2.62. The number of halogens is 1. The molecule has 0 saturated carbocycles. The fourth-order valence-electron chi connectivity index (χ4n) is 5.40. The van der Waals surface area contributed by atoms with Gasteiger partial charge in [-0.15, -0.1) is 0 Å². The second kappa shape index (κ2) is 21.9. The van der Waals surface area contributed by atoms with Crippen LogP contribution >= 0.6 is 7.26 Å². The van der Waals surface area contributed by atoms with Crippen molar-refractivity contribution in [2.24, 2.45) is 11.8 Å². The van der Waals surface area contributed by atoms with E-state index in [1.807, 2.05) is 0 Å². The average Bonchev–Trinajstić information content (AvgIpc) is 2.86. The van der Waals surface area contributed by atoms with Gasteiger partial charge in [-0.25, -0.2) is 0 Å². The standard InChI is InChI=1S/C36H72OPSi.BrH/c1-14-19-25-38(26-20-15-2,27-21-16-3)30-34(17-4)29-32(7)24-22-23-31(6)28-33(8)35(18-5)37-39(12,13)36(9,10)11;/h22-23,28-29,32-33,35H,14-21,24-27,30H2,1-13H3;1H/q+1;/p-1/b23-22+,31-28+,34-29-;/t32-,33-,35+;/m1./s1. The van der Waals surface area contributed by atoms with Crippen LogP contribution in [0.5, 0.6) is 0 Å². The van der Waals surface area contributed by atoms with Crippen LogP contribution in [-0.2, 0) is 4.43 Å². The highest BCUT2D eigenvalue weighted by molar-refractivity contribution is 7.76. The average molecular weight is 660 g/mol. The summed E-state index contributed by atoms with van der Waals surface area (Å²) in [5.74, 6) is 1.04. The first-order valence-electron chi connectivity index (χ1n) is 16.8. The topological polar surface area (TPSA) is 9.23 Å². The van der Waals surface area contributed by atoms with E-state index in [2.05, 4.69) is 114 Å². The predicted molar refractivity (Wildman–Crippen MR) is 188 cm³/mol. The number of unbranched alkanes of at least 4 members (excludes halogenated alkanes) is 3. The minimum atomic E-state index is -1.75. The van der Waals surface area contributed by atoms with E-state index in [0.717, 1.165) is 12.8 Å². The van der Waals surface area contributed by atoms with Gasteiger partial charge in [-0.05, 0) is 81.0 Å². The Hall–Kier alpha value is 0.307. The van der Waals surface area contributed by atoms with Gasteiger partial charge < -0.3 is 21.4 Å². The normalized spacial score (nSPS) is 16.2. The summed E-state index contributed by atoms with van der Waals surface area (Å²) in [6.07, 6.45) is 27.9. The molecule has 4 heteroatoms. The Kier molecular flexibility index (Phi) is 23.2. The van der Waals surface area contributed by atoms with Crippen molar-refractivity contribution in [2.45, 2.75) is 158 Å². The minimum absolute atomic E-state index is 0. The van der Waals surface area contributed by atoms with Gasteiger partial charge in [0, 0.05) is 7.26 Å². The lowest BCUT2D eigenvalue weighted by molar-refractivity contribution is -0.0000106. The fourth-order valence-corrected chi connectivity index (χ4v) is 12.2. The summed E-state index contributed by atoms with van der Waals surface area (Å²) in [6.45, 7) is 30.6. The Labute approximate surface area is 266 Å². The molecule has 40 heavy (non-hydrogen) atoms. The lowest BCUT2D eigenvalue weighted by Crippen LogP contribution is -3.00. The van der Waals surface area contributed by atoms with Gasteiger partial charge in [-0.1, -0.05) is 118 Å². The van der Waals surface area contributed by atoms with Crippen LogP contribution in [0.3, 0.4) is 0 Å². The van der Waals surface area contributed by atoms with Crippen molar-refractivity contribution < 1.29 is 21.4 Å². The van der Waals surface area contributed by atoms with Crippen LogP contribution in [0.2, 0.25) is 18.1 Å². The maximum absolute atomic E-state index is 6.79. The summed E-state index contributed by atoms with van der Waals surface area (Å²) in [6, 6.07) is 0. The second-order valence-corrected chi connectivity index (χ2v) is 23.2. The number of allylic oxidation sites excluding steroid dienone is 5. The van der Waals surface area contributed by atoms with Crippen molar-refractivity contribution in [1.29, 1.82) is 0 Å². The predicted octanol–water partition coefficient (Wildman–Crippen LogP) is 9.71. The Bertz CT molecular complexity index is 712. The Balaban J connectivity index is 0. The molecule has 238 valence electrons. The first-order chi connectivity index (χ1) is 18.2. The zero-order valence-electron chi connectivity index (χ0n) is 29.5.